The van der Waals surface area contributed by atoms with Crippen molar-refractivity contribution in [3.8, 4) is 34.7 Å². The van der Waals surface area contributed by atoms with Gasteiger partial charge in [0, 0.05) is 32.6 Å². The van der Waals surface area contributed by atoms with Crippen molar-refractivity contribution in [2.75, 3.05) is 0 Å². The normalized spacial score (nSPS) is 13.2. The number of carboxylic acids is 4. The maximum absolute atomic E-state index is 11.6. The van der Waals surface area contributed by atoms with Crippen molar-refractivity contribution in [2.45, 2.75) is 26.2 Å². The molecular weight excluding hydrogens is 596 g/mol. The van der Waals surface area contributed by atoms with E-state index in [-0.39, 0.29) is 19.5 Å². The number of aliphatic carboxylic acids is 4. The summed E-state index contributed by atoms with van der Waals surface area (Å²) < 4.78 is 6.09. The third-order valence-electron chi connectivity index (χ3n) is 6.14. The van der Waals surface area contributed by atoms with Crippen LogP contribution in [-0.4, -0.2) is 54.5 Å². The molecule has 0 atom stereocenters. The van der Waals surface area contributed by atoms with Crippen molar-refractivity contribution in [1.82, 2.24) is 10.2 Å². The number of hydrogen-bond donors (Lipinski definition) is 4. The predicted octanol–water partition coefficient (Wildman–Crippen LogP) is 5.16. The van der Waals surface area contributed by atoms with Gasteiger partial charge < -0.3 is 24.8 Å². The molecule has 2 aromatic carbocycles. The van der Waals surface area contributed by atoms with Gasteiger partial charge in [0.1, 0.15) is 0 Å². The van der Waals surface area contributed by atoms with Crippen LogP contribution in [0.1, 0.15) is 31.9 Å². The smallest absolute Gasteiger partial charge is 0.323 e. The molecule has 43 heavy (non-hydrogen) atoms. The zero-order valence-electron chi connectivity index (χ0n) is 22.9. The number of nitrogens with zero attached hydrogens (tertiary/aromatic N) is 2. The Balaban J connectivity index is 1.51. The third-order valence-corrected chi connectivity index (χ3v) is 8.76. The molecule has 0 unspecified atom stereocenters. The summed E-state index contributed by atoms with van der Waals surface area (Å²) in [4.78, 5) is 45.6. The van der Waals surface area contributed by atoms with Gasteiger partial charge in [-0.3, -0.25) is 19.2 Å². The number of carbonyl (C=O) groups is 4. The molecule has 0 saturated heterocycles. The number of allylic oxidation sites excluding steroid dienone is 1. The van der Waals surface area contributed by atoms with Gasteiger partial charge in [0.05, 0.1) is 4.24 Å². The molecule has 0 amide bonds. The maximum Gasteiger partial charge on any atom is 0.323 e. The van der Waals surface area contributed by atoms with Crippen LogP contribution in [0.25, 0.3) is 22.9 Å². The summed E-state index contributed by atoms with van der Waals surface area (Å²) in [6.45, 7) is 6.39. The molecule has 0 spiro atoms. The Morgan fingerprint density at radius 3 is 1.56 bits per heavy atom. The van der Waals surface area contributed by atoms with Gasteiger partial charge in [0.25, 0.3) is 0 Å². The number of thioether (sulfide) groups is 2. The molecule has 0 fully saturated rings. The van der Waals surface area contributed by atoms with Gasteiger partial charge in [-0.2, -0.15) is 0 Å². The van der Waals surface area contributed by atoms with Crippen LogP contribution in [0, 0.1) is 23.7 Å². The minimum Gasteiger partial charge on any atom is -0.480 e. The first kappa shape index (κ1) is 31.1. The molecule has 11 nitrogen and oxygen atoms in total. The van der Waals surface area contributed by atoms with Crippen molar-refractivity contribution in [2.24, 2.45) is 11.8 Å². The van der Waals surface area contributed by atoms with E-state index in [2.05, 4.69) is 42.8 Å². The summed E-state index contributed by atoms with van der Waals surface area (Å²) in [6, 6.07) is 14.8. The van der Waals surface area contributed by atoms with Crippen LogP contribution in [0.3, 0.4) is 0 Å². The highest BCUT2D eigenvalue weighted by Crippen LogP contribution is 2.54. The van der Waals surface area contributed by atoms with Crippen molar-refractivity contribution in [3.05, 3.63) is 79.8 Å². The summed E-state index contributed by atoms with van der Waals surface area (Å²) in [5.41, 5.74) is 3.24. The zero-order chi connectivity index (χ0) is 31.5. The van der Waals surface area contributed by atoms with Gasteiger partial charge in [-0.1, -0.05) is 68.3 Å². The molecule has 0 bridgehead atoms. The van der Waals surface area contributed by atoms with Crippen LogP contribution < -0.4 is 0 Å². The van der Waals surface area contributed by atoms with Gasteiger partial charge in [0.2, 0.25) is 11.8 Å². The molecular formula is C30H24N2O9S2. The second kappa shape index (κ2) is 12.6. The summed E-state index contributed by atoms with van der Waals surface area (Å²) >= 11 is 1.34. The molecule has 4 N–H and O–H groups in total. The Hall–Kier alpha value is -4.80. The fourth-order valence-electron chi connectivity index (χ4n) is 3.90. The Morgan fingerprint density at radius 2 is 1.16 bits per heavy atom. The van der Waals surface area contributed by atoms with E-state index < -0.39 is 35.7 Å². The van der Waals surface area contributed by atoms with E-state index in [1.807, 2.05) is 24.3 Å². The summed E-state index contributed by atoms with van der Waals surface area (Å²) in [6.07, 6.45) is 1.34. The Morgan fingerprint density at radius 1 is 0.744 bits per heavy atom. The first-order valence-electron chi connectivity index (χ1n) is 12.5. The number of aromatic nitrogens is 2. The number of hydrogen-bond acceptors (Lipinski definition) is 9. The molecule has 0 aliphatic carbocycles. The Kier molecular flexibility index (Phi) is 9.13. The molecule has 3 aromatic rings. The Labute approximate surface area is 253 Å². The van der Waals surface area contributed by atoms with E-state index in [0.717, 1.165) is 5.56 Å². The van der Waals surface area contributed by atoms with E-state index in [0.29, 0.717) is 46.4 Å². The van der Waals surface area contributed by atoms with Gasteiger partial charge in [-0.15, -0.1) is 10.2 Å². The van der Waals surface area contributed by atoms with Crippen LogP contribution in [0.4, 0.5) is 0 Å². The Bertz CT molecular complexity index is 1650. The van der Waals surface area contributed by atoms with E-state index in [9.17, 15) is 39.6 Å². The second-order valence-electron chi connectivity index (χ2n) is 10.2. The standard InChI is InChI=1S/C30H24N2O9S2/c1-30(2,3)18-13-11-17(12-14-18)25-32-31-24(41-25)16-9-7-15(8-10-16)5-4-6-19-42-22(20(26(33)34)27(35)36)23(43-19)21(28(37)38)29(39)40/h6-14,20-21H,1-3H3,(H,33,34)(H,35,36)(H,37,38)(H,39,40). The largest absolute Gasteiger partial charge is 0.480 e. The summed E-state index contributed by atoms with van der Waals surface area (Å²) in [5.74, 6) is -4.92. The van der Waals surface area contributed by atoms with E-state index in [1.165, 1.54) is 11.6 Å². The van der Waals surface area contributed by atoms with Gasteiger partial charge >= 0.3 is 23.9 Å². The highest BCUT2D eigenvalue weighted by atomic mass is 32.2. The van der Waals surface area contributed by atoms with E-state index >= 15 is 0 Å². The van der Waals surface area contributed by atoms with Crippen molar-refractivity contribution < 1.29 is 44.0 Å². The monoisotopic (exact) mass is 620 g/mol. The predicted molar refractivity (Wildman–Crippen MR) is 159 cm³/mol. The highest BCUT2D eigenvalue weighted by Gasteiger charge is 2.43. The van der Waals surface area contributed by atoms with Crippen LogP contribution in [0.15, 0.2) is 73.1 Å². The first-order valence-corrected chi connectivity index (χ1v) is 14.2. The third kappa shape index (κ3) is 7.17. The van der Waals surface area contributed by atoms with Crippen LogP contribution in [0.5, 0.6) is 0 Å². The molecule has 0 radical (unpaired) electrons. The molecule has 1 aliphatic rings. The molecule has 0 saturated carbocycles. The molecule has 1 aliphatic heterocycles. The molecule has 4 rings (SSSR count). The van der Waals surface area contributed by atoms with Crippen LogP contribution in [0.2, 0.25) is 0 Å². The van der Waals surface area contributed by atoms with E-state index in [1.54, 1.807) is 24.3 Å². The summed E-state index contributed by atoms with van der Waals surface area (Å²) in [7, 11) is 0. The van der Waals surface area contributed by atoms with Gasteiger partial charge in [-0.25, -0.2) is 0 Å². The van der Waals surface area contributed by atoms with Gasteiger partial charge in [-0.05, 0) is 47.4 Å². The number of rotatable bonds is 8. The van der Waals surface area contributed by atoms with Gasteiger partial charge in [0.15, 0.2) is 11.8 Å². The van der Waals surface area contributed by atoms with Crippen LogP contribution >= 0.6 is 23.5 Å². The number of carboxylic acid groups (broad SMARTS) is 4. The maximum atomic E-state index is 11.6. The SMILES string of the molecule is CC(C)(C)c1ccc(-c2nnc(-c3ccc(C#CC=C4SC(C(C(=O)O)C(=O)O)=C(C(C(=O)O)C(=O)O)S4)cc3)o2)cc1. The lowest BCUT2D eigenvalue weighted by Gasteiger charge is -2.18. The lowest BCUT2D eigenvalue weighted by Crippen LogP contribution is -2.29. The quantitative estimate of drug-likeness (QED) is 0.191. The topological polar surface area (TPSA) is 188 Å². The molecule has 1 aromatic heterocycles. The number of benzene rings is 2. The minimum absolute atomic E-state index is 0.0185. The second-order valence-corrected chi connectivity index (χ2v) is 12.6. The molecule has 13 heteroatoms. The fourth-order valence-corrected chi connectivity index (χ4v) is 6.60. The van der Waals surface area contributed by atoms with Crippen molar-refractivity contribution >= 4 is 47.4 Å². The first-order chi connectivity index (χ1) is 20.3. The van der Waals surface area contributed by atoms with E-state index in [4.69, 9.17) is 4.42 Å². The zero-order valence-corrected chi connectivity index (χ0v) is 24.5. The lowest BCUT2D eigenvalue weighted by molar-refractivity contribution is -0.155. The summed E-state index contributed by atoms with van der Waals surface area (Å²) in [5, 5.41) is 45.9. The van der Waals surface area contributed by atoms with Crippen LogP contribution in [-0.2, 0) is 24.6 Å². The van der Waals surface area contributed by atoms with Crippen molar-refractivity contribution in [1.29, 1.82) is 0 Å². The van der Waals surface area contributed by atoms with Crippen molar-refractivity contribution in [3.63, 3.8) is 0 Å². The molecule has 2 heterocycles. The lowest BCUT2D eigenvalue weighted by atomic mass is 9.87. The molecule has 220 valence electrons. The minimum atomic E-state index is -2.13. The average molecular weight is 621 g/mol. The fraction of sp³-hybridized carbons (Fsp3) is 0.200. The highest BCUT2D eigenvalue weighted by molar-refractivity contribution is 8.28. The average Bonchev–Trinajstić information content (AvgIpc) is 3.56.